The smallest absolute Gasteiger partial charge is 0.332 e. The van der Waals surface area contributed by atoms with E-state index in [1.54, 1.807) is 11.3 Å². The van der Waals surface area contributed by atoms with E-state index in [1.165, 1.54) is 22.2 Å². The molecule has 1 atom stereocenters. The third-order valence-electron chi connectivity index (χ3n) is 5.77. The molecule has 5 rings (SSSR count). The fraction of sp³-hybridized carbons (Fsp3) is 0.261. The Morgan fingerprint density at radius 2 is 2.07 bits per heavy atom. The van der Waals surface area contributed by atoms with Gasteiger partial charge >= 0.3 is 5.97 Å². The maximum absolute atomic E-state index is 11.1. The maximum Gasteiger partial charge on any atom is 0.332 e. The summed E-state index contributed by atoms with van der Waals surface area (Å²) in [4.78, 5) is 17.2. The lowest BCUT2D eigenvalue weighted by atomic mass is 9.98. The van der Waals surface area contributed by atoms with E-state index < -0.39 is 12.1 Å². The summed E-state index contributed by atoms with van der Waals surface area (Å²) in [5.74, 6) is -1.18. The Balaban J connectivity index is 1.54. The Kier molecular flexibility index (Phi) is 4.62. The van der Waals surface area contributed by atoms with Gasteiger partial charge in [-0.1, -0.05) is 30.3 Å². The number of rotatable bonds is 5. The number of thiophene rings is 1. The number of carbonyl (C=O) groups is 1. The van der Waals surface area contributed by atoms with Gasteiger partial charge in [-0.25, -0.2) is 4.79 Å². The highest BCUT2D eigenvalue weighted by atomic mass is 32.1. The predicted octanol–water partition coefficient (Wildman–Crippen LogP) is 3.93. The number of nitrogens with one attached hydrogen (secondary N) is 1. The Bertz CT molecular complexity index is 1200. The van der Waals surface area contributed by atoms with Crippen molar-refractivity contribution in [3.05, 3.63) is 70.2 Å². The van der Waals surface area contributed by atoms with E-state index in [-0.39, 0.29) is 6.42 Å². The second-order valence-electron chi connectivity index (χ2n) is 7.71. The van der Waals surface area contributed by atoms with Gasteiger partial charge in [0.1, 0.15) is 0 Å². The molecule has 0 saturated heterocycles. The molecule has 2 aromatic carbocycles. The van der Waals surface area contributed by atoms with Crippen molar-refractivity contribution in [2.75, 3.05) is 6.54 Å². The first-order valence-electron chi connectivity index (χ1n) is 9.80. The molecule has 5 nitrogen and oxygen atoms in total. The number of carboxylic acids is 1. The lowest BCUT2D eigenvalue weighted by Gasteiger charge is -2.27. The van der Waals surface area contributed by atoms with Crippen LogP contribution >= 0.6 is 11.3 Å². The molecular formula is C23H22N2O3S. The first-order chi connectivity index (χ1) is 14.1. The molecule has 6 heteroatoms. The molecule has 1 unspecified atom stereocenters. The van der Waals surface area contributed by atoms with Crippen LogP contribution in [0.2, 0.25) is 0 Å². The lowest BCUT2D eigenvalue weighted by Crippen LogP contribution is -2.29. The number of nitrogens with zero attached hydrogens (tertiary/aromatic N) is 1. The zero-order valence-corrected chi connectivity index (χ0v) is 16.7. The second-order valence-corrected chi connectivity index (χ2v) is 8.62. The van der Waals surface area contributed by atoms with Gasteiger partial charge in [0.25, 0.3) is 0 Å². The molecule has 0 aliphatic carbocycles. The minimum atomic E-state index is -1.39. The predicted molar refractivity (Wildman–Crippen MR) is 115 cm³/mol. The number of H-pyrrole nitrogens is 1. The third kappa shape index (κ3) is 3.33. The van der Waals surface area contributed by atoms with Crippen molar-refractivity contribution in [3.63, 3.8) is 0 Å². The van der Waals surface area contributed by atoms with E-state index in [0.29, 0.717) is 0 Å². The quantitative estimate of drug-likeness (QED) is 0.469. The molecule has 0 spiro atoms. The van der Waals surface area contributed by atoms with Crippen LogP contribution in [0.4, 0.5) is 0 Å². The standard InChI is InChI=1S/C23H22N2O3S/c26-20(23(27)28)11-15-10-19-21(16-7-9-29-22(15)16)17-13-25(8-6-18(17)24-19)12-14-4-2-1-3-5-14/h1-5,7,9-10,20,24,26H,6,8,11-13H2,(H,27,28). The van der Waals surface area contributed by atoms with Crippen LogP contribution in [0.1, 0.15) is 22.4 Å². The van der Waals surface area contributed by atoms with Gasteiger partial charge in [-0.05, 0) is 34.2 Å². The minimum absolute atomic E-state index is 0.117. The SMILES string of the molecule is O=C(O)C(O)Cc1cc2[nH]c3c(c2c2ccsc12)CN(Cc1ccccc1)CC3. The summed E-state index contributed by atoms with van der Waals surface area (Å²) in [5.41, 5.74) is 5.86. The Hall–Kier alpha value is -2.67. The minimum Gasteiger partial charge on any atom is -0.479 e. The number of hydrogen-bond donors (Lipinski definition) is 3. The lowest BCUT2D eigenvalue weighted by molar-refractivity contribution is -0.146. The van der Waals surface area contributed by atoms with Crippen LogP contribution in [-0.2, 0) is 30.7 Å². The topological polar surface area (TPSA) is 76.6 Å². The summed E-state index contributed by atoms with van der Waals surface area (Å²) < 4.78 is 1.07. The highest BCUT2D eigenvalue weighted by molar-refractivity contribution is 7.17. The molecule has 1 aliphatic rings. The van der Waals surface area contributed by atoms with Crippen molar-refractivity contribution in [3.8, 4) is 0 Å². The van der Waals surface area contributed by atoms with Crippen molar-refractivity contribution in [1.82, 2.24) is 9.88 Å². The normalized spacial score (nSPS) is 15.6. The number of aromatic nitrogens is 1. The average Bonchev–Trinajstić information content (AvgIpc) is 3.32. The van der Waals surface area contributed by atoms with Crippen LogP contribution in [0.15, 0.2) is 47.8 Å². The van der Waals surface area contributed by atoms with E-state index in [2.05, 4.69) is 40.2 Å². The number of benzene rings is 2. The summed E-state index contributed by atoms with van der Waals surface area (Å²) >= 11 is 1.61. The van der Waals surface area contributed by atoms with Crippen LogP contribution in [0.25, 0.3) is 21.0 Å². The zero-order chi connectivity index (χ0) is 20.0. The Labute approximate surface area is 172 Å². The van der Waals surface area contributed by atoms with Crippen molar-refractivity contribution >= 4 is 38.3 Å². The summed E-state index contributed by atoms with van der Waals surface area (Å²) in [6.07, 6.45) is -0.300. The molecule has 0 radical (unpaired) electrons. The number of fused-ring (bicyclic) bond motifs is 5. The molecule has 0 fully saturated rings. The fourth-order valence-corrected chi connectivity index (χ4v) is 5.34. The van der Waals surface area contributed by atoms with Gasteiger partial charge in [0, 0.05) is 59.2 Å². The molecule has 0 amide bonds. The van der Waals surface area contributed by atoms with E-state index in [1.807, 2.05) is 17.5 Å². The fourth-order valence-electron chi connectivity index (χ4n) is 4.41. The van der Waals surface area contributed by atoms with Crippen LogP contribution in [0.5, 0.6) is 0 Å². The van der Waals surface area contributed by atoms with Gasteiger partial charge < -0.3 is 15.2 Å². The van der Waals surface area contributed by atoms with Gasteiger partial charge in [0.05, 0.1) is 0 Å². The van der Waals surface area contributed by atoms with Gasteiger partial charge in [-0.15, -0.1) is 11.3 Å². The molecule has 148 valence electrons. The molecule has 4 aromatic rings. The highest BCUT2D eigenvalue weighted by Gasteiger charge is 2.24. The third-order valence-corrected chi connectivity index (χ3v) is 6.76. The number of aliphatic carboxylic acids is 1. The molecular weight excluding hydrogens is 384 g/mol. The van der Waals surface area contributed by atoms with Gasteiger partial charge in [0.15, 0.2) is 6.10 Å². The first-order valence-corrected chi connectivity index (χ1v) is 10.7. The van der Waals surface area contributed by atoms with Gasteiger partial charge in [-0.2, -0.15) is 0 Å². The number of aliphatic hydroxyl groups is 1. The van der Waals surface area contributed by atoms with Crippen molar-refractivity contribution in [1.29, 1.82) is 0 Å². The first kappa shape index (κ1) is 18.4. The van der Waals surface area contributed by atoms with E-state index in [0.717, 1.165) is 47.2 Å². The molecule has 2 aromatic heterocycles. The van der Waals surface area contributed by atoms with Crippen molar-refractivity contribution in [2.24, 2.45) is 0 Å². The molecule has 0 bridgehead atoms. The number of hydrogen-bond acceptors (Lipinski definition) is 4. The van der Waals surface area contributed by atoms with Crippen molar-refractivity contribution < 1.29 is 15.0 Å². The summed E-state index contributed by atoms with van der Waals surface area (Å²) in [6, 6.07) is 14.7. The van der Waals surface area contributed by atoms with Gasteiger partial charge in [0.2, 0.25) is 0 Å². The molecule has 3 heterocycles. The van der Waals surface area contributed by atoms with Crippen LogP contribution in [-0.4, -0.2) is 38.7 Å². The summed E-state index contributed by atoms with van der Waals surface area (Å²) in [6.45, 7) is 2.83. The second kappa shape index (κ2) is 7.30. The van der Waals surface area contributed by atoms with Crippen LogP contribution < -0.4 is 0 Å². The number of aromatic amines is 1. The summed E-state index contributed by atoms with van der Waals surface area (Å²) in [7, 11) is 0. The molecule has 0 saturated carbocycles. The highest BCUT2D eigenvalue weighted by Crippen LogP contribution is 2.38. The Morgan fingerprint density at radius 3 is 2.86 bits per heavy atom. The number of carboxylic acid groups (broad SMARTS) is 1. The Morgan fingerprint density at radius 1 is 1.24 bits per heavy atom. The van der Waals surface area contributed by atoms with E-state index >= 15 is 0 Å². The monoisotopic (exact) mass is 406 g/mol. The molecule has 29 heavy (non-hydrogen) atoms. The average molecular weight is 407 g/mol. The van der Waals surface area contributed by atoms with Crippen LogP contribution in [0.3, 0.4) is 0 Å². The van der Waals surface area contributed by atoms with Crippen molar-refractivity contribution in [2.45, 2.75) is 32.0 Å². The summed E-state index contributed by atoms with van der Waals surface area (Å²) in [5, 5.41) is 23.4. The zero-order valence-electron chi connectivity index (χ0n) is 15.9. The van der Waals surface area contributed by atoms with Crippen LogP contribution in [0, 0.1) is 0 Å². The largest absolute Gasteiger partial charge is 0.479 e. The molecule has 3 N–H and O–H groups in total. The number of aliphatic hydroxyl groups excluding tert-OH is 1. The van der Waals surface area contributed by atoms with E-state index in [9.17, 15) is 9.90 Å². The molecule has 1 aliphatic heterocycles. The van der Waals surface area contributed by atoms with Gasteiger partial charge in [-0.3, -0.25) is 4.90 Å². The van der Waals surface area contributed by atoms with E-state index in [4.69, 9.17) is 5.11 Å². The maximum atomic E-state index is 11.1.